The predicted molar refractivity (Wildman–Crippen MR) is 76.7 cm³/mol. The number of hydrogen-bond donors (Lipinski definition) is 1. The van der Waals surface area contributed by atoms with Crippen LogP contribution in [0.1, 0.15) is 18.6 Å². The Hall–Kier alpha value is -2.20. The van der Waals surface area contributed by atoms with Crippen LogP contribution >= 0.6 is 0 Å². The summed E-state index contributed by atoms with van der Waals surface area (Å²) in [6, 6.07) is 12.7. The molecule has 0 radical (unpaired) electrons. The first-order chi connectivity index (χ1) is 9.63. The summed E-state index contributed by atoms with van der Waals surface area (Å²) in [4.78, 5) is 0. The lowest BCUT2D eigenvalue weighted by Crippen LogP contribution is -1.96. The van der Waals surface area contributed by atoms with Gasteiger partial charge in [0.1, 0.15) is 23.0 Å². The molecule has 4 heteroatoms. The van der Waals surface area contributed by atoms with Crippen LogP contribution in [0.2, 0.25) is 0 Å². The summed E-state index contributed by atoms with van der Waals surface area (Å²) >= 11 is 0. The second-order valence-electron chi connectivity index (χ2n) is 4.36. The molecule has 1 atom stereocenters. The minimum absolute atomic E-state index is 0.592. The van der Waals surface area contributed by atoms with Gasteiger partial charge in [-0.3, -0.25) is 0 Å². The molecule has 0 fully saturated rings. The van der Waals surface area contributed by atoms with Crippen LogP contribution in [-0.2, 0) is 0 Å². The predicted octanol–water partition coefficient (Wildman–Crippen LogP) is 3.55. The number of rotatable bonds is 5. The van der Waals surface area contributed by atoms with Crippen LogP contribution in [0.3, 0.4) is 0 Å². The van der Waals surface area contributed by atoms with E-state index in [1.54, 1.807) is 39.3 Å². The van der Waals surface area contributed by atoms with Crippen LogP contribution in [0.4, 0.5) is 0 Å². The molecule has 0 saturated heterocycles. The lowest BCUT2D eigenvalue weighted by molar-refractivity contribution is 0.195. The Morgan fingerprint density at radius 3 is 2.00 bits per heavy atom. The third-order valence-corrected chi connectivity index (χ3v) is 2.92. The zero-order valence-electron chi connectivity index (χ0n) is 11.8. The standard InChI is InChI=1S/C16H18O4/c1-11(17)15-6-4-5-7-16(15)20-14-9-12(18-2)8-13(10-14)19-3/h4-11,17H,1-3H3. The minimum atomic E-state index is -0.598. The van der Waals surface area contributed by atoms with Crippen molar-refractivity contribution < 1.29 is 19.3 Å². The van der Waals surface area contributed by atoms with Crippen LogP contribution in [-0.4, -0.2) is 19.3 Å². The molecule has 0 bridgehead atoms. The molecule has 0 amide bonds. The molecule has 2 aromatic carbocycles. The summed E-state index contributed by atoms with van der Waals surface area (Å²) in [6.07, 6.45) is -0.598. The van der Waals surface area contributed by atoms with Crippen molar-refractivity contribution in [3.63, 3.8) is 0 Å². The molecule has 20 heavy (non-hydrogen) atoms. The van der Waals surface area contributed by atoms with E-state index in [0.29, 0.717) is 23.0 Å². The Labute approximate surface area is 118 Å². The van der Waals surface area contributed by atoms with E-state index < -0.39 is 6.10 Å². The third-order valence-electron chi connectivity index (χ3n) is 2.92. The quantitative estimate of drug-likeness (QED) is 0.905. The van der Waals surface area contributed by atoms with Gasteiger partial charge in [0, 0.05) is 23.8 Å². The van der Waals surface area contributed by atoms with E-state index in [9.17, 15) is 5.11 Å². The third kappa shape index (κ3) is 3.22. The molecule has 2 aromatic rings. The van der Waals surface area contributed by atoms with Gasteiger partial charge in [-0.05, 0) is 13.0 Å². The van der Waals surface area contributed by atoms with Crippen molar-refractivity contribution in [1.29, 1.82) is 0 Å². The fraction of sp³-hybridized carbons (Fsp3) is 0.250. The molecular formula is C16H18O4. The van der Waals surface area contributed by atoms with Crippen molar-refractivity contribution in [1.82, 2.24) is 0 Å². The molecule has 0 aliphatic carbocycles. The van der Waals surface area contributed by atoms with Crippen LogP contribution in [0, 0.1) is 0 Å². The van der Waals surface area contributed by atoms with Gasteiger partial charge >= 0.3 is 0 Å². The second kappa shape index (κ2) is 6.30. The Balaban J connectivity index is 2.34. The van der Waals surface area contributed by atoms with Gasteiger partial charge in [0.25, 0.3) is 0 Å². The zero-order chi connectivity index (χ0) is 14.5. The molecule has 0 spiro atoms. The van der Waals surface area contributed by atoms with Crippen molar-refractivity contribution in [2.45, 2.75) is 13.0 Å². The molecule has 0 aliphatic heterocycles. The monoisotopic (exact) mass is 274 g/mol. The SMILES string of the molecule is COc1cc(OC)cc(Oc2ccccc2C(C)O)c1. The van der Waals surface area contributed by atoms with Gasteiger partial charge in [-0.1, -0.05) is 18.2 Å². The molecule has 0 aromatic heterocycles. The van der Waals surface area contributed by atoms with E-state index in [0.717, 1.165) is 5.56 Å². The Morgan fingerprint density at radius 1 is 0.900 bits per heavy atom. The van der Waals surface area contributed by atoms with Crippen LogP contribution < -0.4 is 14.2 Å². The summed E-state index contributed by atoms with van der Waals surface area (Å²) < 4.78 is 16.2. The maximum atomic E-state index is 9.75. The van der Waals surface area contributed by atoms with Gasteiger partial charge in [0.2, 0.25) is 0 Å². The van der Waals surface area contributed by atoms with Crippen molar-refractivity contribution in [3.05, 3.63) is 48.0 Å². The minimum Gasteiger partial charge on any atom is -0.496 e. The number of aliphatic hydroxyl groups is 1. The normalized spacial score (nSPS) is 11.8. The van der Waals surface area contributed by atoms with E-state index in [2.05, 4.69) is 0 Å². The summed E-state index contributed by atoms with van der Waals surface area (Å²) in [5.74, 6) is 2.50. The largest absolute Gasteiger partial charge is 0.496 e. The highest BCUT2D eigenvalue weighted by Gasteiger charge is 2.10. The van der Waals surface area contributed by atoms with Crippen molar-refractivity contribution >= 4 is 0 Å². The molecule has 4 nitrogen and oxygen atoms in total. The number of aliphatic hydroxyl groups excluding tert-OH is 1. The average Bonchev–Trinajstić information content (AvgIpc) is 2.47. The van der Waals surface area contributed by atoms with E-state index >= 15 is 0 Å². The van der Waals surface area contributed by atoms with Gasteiger partial charge in [-0.25, -0.2) is 0 Å². The van der Waals surface area contributed by atoms with Gasteiger partial charge in [-0.15, -0.1) is 0 Å². The van der Waals surface area contributed by atoms with E-state index in [1.807, 2.05) is 24.3 Å². The molecule has 0 saturated carbocycles. The van der Waals surface area contributed by atoms with Crippen molar-refractivity contribution in [3.8, 4) is 23.0 Å². The van der Waals surface area contributed by atoms with Gasteiger partial charge in [-0.2, -0.15) is 0 Å². The highest BCUT2D eigenvalue weighted by molar-refractivity contribution is 5.45. The fourth-order valence-corrected chi connectivity index (χ4v) is 1.89. The highest BCUT2D eigenvalue weighted by Crippen LogP contribution is 2.33. The lowest BCUT2D eigenvalue weighted by Gasteiger charge is -2.14. The van der Waals surface area contributed by atoms with Crippen molar-refractivity contribution in [2.75, 3.05) is 14.2 Å². The van der Waals surface area contributed by atoms with Gasteiger partial charge in [0.15, 0.2) is 0 Å². The molecule has 1 N–H and O–H groups in total. The van der Waals surface area contributed by atoms with Gasteiger partial charge in [0.05, 0.1) is 20.3 Å². The number of methoxy groups -OCH3 is 2. The molecule has 0 aliphatic rings. The zero-order valence-corrected chi connectivity index (χ0v) is 11.8. The first-order valence-corrected chi connectivity index (χ1v) is 6.32. The molecule has 0 heterocycles. The highest BCUT2D eigenvalue weighted by atomic mass is 16.5. The summed E-state index contributed by atoms with van der Waals surface area (Å²) in [6.45, 7) is 1.70. The summed E-state index contributed by atoms with van der Waals surface area (Å²) in [5.41, 5.74) is 0.731. The number of ether oxygens (including phenoxy) is 3. The molecule has 2 rings (SSSR count). The maximum Gasteiger partial charge on any atom is 0.134 e. The topological polar surface area (TPSA) is 47.9 Å². The summed E-state index contributed by atoms with van der Waals surface area (Å²) in [7, 11) is 3.17. The van der Waals surface area contributed by atoms with Crippen LogP contribution in [0.5, 0.6) is 23.0 Å². The average molecular weight is 274 g/mol. The number of hydrogen-bond acceptors (Lipinski definition) is 4. The molecule has 1 unspecified atom stereocenters. The fourth-order valence-electron chi connectivity index (χ4n) is 1.89. The number of benzene rings is 2. The lowest BCUT2D eigenvalue weighted by atomic mass is 10.1. The Kier molecular flexibility index (Phi) is 4.48. The maximum absolute atomic E-state index is 9.75. The smallest absolute Gasteiger partial charge is 0.134 e. The Bertz CT molecular complexity index is 556. The number of para-hydroxylation sites is 1. The van der Waals surface area contributed by atoms with Crippen LogP contribution in [0.15, 0.2) is 42.5 Å². The Morgan fingerprint density at radius 2 is 1.45 bits per heavy atom. The van der Waals surface area contributed by atoms with E-state index in [4.69, 9.17) is 14.2 Å². The van der Waals surface area contributed by atoms with E-state index in [1.165, 1.54) is 0 Å². The second-order valence-corrected chi connectivity index (χ2v) is 4.36. The van der Waals surface area contributed by atoms with E-state index in [-0.39, 0.29) is 0 Å². The molecular weight excluding hydrogens is 256 g/mol. The van der Waals surface area contributed by atoms with Gasteiger partial charge < -0.3 is 19.3 Å². The van der Waals surface area contributed by atoms with Crippen molar-refractivity contribution in [2.24, 2.45) is 0 Å². The first-order valence-electron chi connectivity index (χ1n) is 6.32. The first kappa shape index (κ1) is 14.2. The summed E-state index contributed by atoms with van der Waals surface area (Å²) in [5, 5.41) is 9.75. The van der Waals surface area contributed by atoms with Crippen LogP contribution in [0.25, 0.3) is 0 Å². The molecule has 106 valence electrons.